The van der Waals surface area contributed by atoms with Crippen molar-refractivity contribution in [1.29, 1.82) is 0 Å². The van der Waals surface area contributed by atoms with E-state index in [4.69, 9.17) is 14.8 Å². The SMILES string of the molecule is Cc1nc2cc(-c3ccccc3)nn2c(-c2ccc3c4c(cccc24)CC3)c1C(OC(C)(C)C)C(=O)O. The van der Waals surface area contributed by atoms with Crippen molar-refractivity contribution in [2.75, 3.05) is 0 Å². The first kappa shape index (κ1) is 23.4. The summed E-state index contributed by atoms with van der Waals surface area (Å²) in [6.45, 7) is 7.45. The average Bonchev–Trinajstić information content (AvgIpc) is 3.48. The molecular weight excluding hydrogens is 462 g/mol. The zero-order chi connectivity index (χ0) is 25.9. The third kappa shape index (κ3) is 3.98. The maximum Gasteiger partial charge on any atom is 0.337 e. The second-order valence-corrected chi connectivity index (χ2v) is 10.7. The van der Waals surface area contributed by atoms with Crippen molar-refractivity contribution in [2.24, 2.45) is 0 Å². The Morgan fingerprint density at radius 3 is 2.43 bits per heavy atom. The van der Waals surface area contributed by atoms with E-state index < -0.39 is 17.7 Å². The Bertz CT molecular complexity index is 1670. The first-order valence-electron chi connectivity index (χ1n) is 12.6. The van der Waals surface area contributed by atoms with E-state index in [0.29, 0.717) is 22.6 Å². The highest BCUT2D eigenvalue weighted by atomic mass is 16.5. The lowest BCUT2D eigenvalue weighted by Gasteiger charge is -2.28. The van der Waals surface area contributed by atoms with Crippen molar-refractivity contribution in [2.45, 2.75) is 52.2 Å². The minimum atomic E-state index is -1.21. The van der Waals surface area contributed by atoms with Gasteiger partial charge in [-0.05, 0) is 62.4 Å². The Morgan fingerprint density at radius 1 is 1.00 bits per heavy atom. The molecule has 0 aliphatic heterocycles. The summed E-state index contributed by atoms with van der Waals surface area (Å²) in [4.78, 5) is 17.5. The number of benzene rings is 3. The minimum Gasteiger partial charge on any atom is -0.479 e. The van der Waals surface area contributed by atoms with E-state index in [1.165, 1.54) is 16.5 Å². The molecule has 3 aromatic carbocycles. The Labute approximate surface area is 215 Å². The number of aryl methyl sites for hydroxylation is 3. The van der Waals surface area contributed by atoms with Gasteiger partial charge in [0, 0.05) is 28.5 Å². The lowest BCUT2D eigenvalue weighted by molar-refractivity contribution is -0.160. The van der Waals surface area contributed by atoms with Gasteiger partial charge in [0.05, 0.1) is 17.0 Å². The molecule has 6 nitrogen and oxygen atoms in total. The number of carboxylic acids is 1. The minimum absolute atomic E-state index is 0.524. The average molecular weight is 492 g/mol. The van der Waals surface area contributed by atoms with Crippen LogP contribution in [0.3, 0.4) is 0 Å². The smallest absolute Gasteiger partial charge is 0.337 e. The van der Waals surface area contributed by atoms with E-state index in [1.54, 1.807) is 4.52 Å². The number of rotatable bonds is 5. The predicted octanol–water partition coefficient (Wildman–Crippen LogP) is 6.56. The molecule has 1 atom stereocenters. The quantitative estimate of drug-likeness (QED) is 0.301. The molecule has 0 saturated carbocycles. The summed E-state index contributed by atoms with van der Waals surface area (Å²) < 4.78 is 7.96. The molecule has 6 heteroatoms. The zero-order valence-electron chi connectivity index (χ0n) is 21.4. The van der Waals surface area contributed by atoms with Gasteiger partial charge in [-0.3, -0.25) is 0 Å². The van der Waals surface area contributed by atoms with E-state index in [2.05, 4.69) is 30.3 Å². The molecule has 6 rings (SSSR count). The number of carboxylic acid groups (broad SMARTS) is 1. The van der Waals surface area contributed by atoms with E-state index in [1.807, 2.05) is 64.1 Å². The summed E-state index contributed by atoms with van der Waals surface area (Å²) in [7, 11) is 0. The Balaban J connectivity index is 1.72. The number of carbonyl (C=O) groups is 1. The highest BCUT2D eigenvalue weighted by molar-refractivity contribution is 6.02. The summed E-state index contributed by atoms with van der Waals surface area (Å²) in [5, 5.41) is 17.7. The largest absolute Gasteiger partial charge is 0.479 e. The van der Waals surface area contributed by atoms with Crippen molar-refractivity contribution < 1.29 is 14.6 Å². The fourth-order valence-electron chi connectivity index (χ4n) is 5.50. The second kappa shape index (κ2) is 8.53. The van der Waals surface area contributed by atoms with Crippen LogP contribution in [0.4, 0.5) is 0 Å². The first-order valence-corrected chi connectivity index (χ1v) is 12.6. The fourth-order valence-corrected chi connectivity index (χ4v) is 5.50. The summed E-state index contributed by atoms with van der Waals surface area (Å²) in [5.41, 5.74) is 7.16. The van der Waals surface area contributed by atoms with Gasteiger partial charge >= 0.3 is 5.97 Å². The van der Waals surface area contributed by atoms with Gasteiger partial charge in [-0.15, -0.1) is 0 Å². The predicted molar refractivity (Wildman–Crippen MR) is 145 cm³/mol. The molecule has 5 aromatic rings. The fraction of sp³-hybridized carbons (Fsp3) is 0.258. The molecule has 0 radical (unpaired) electrons. The van der Waals surface area contributed by atoms with Gasteiger partial charge < -0.3 is 9.84 Å². The number of hydrogen-bond donors (Lipinski definition) is 1. The molecule has 1 N–H and O–H groups in total. The molecule has 2 heterocycles. The standard InChI is InChI=1S/C31H29N3O3/c1-18-26(29(30(35)36)37-31(2,3)4)28(23-16-15-21-14-13-20-11-8-12-22(23)27(20)21)34-25(32-18)17-24(33-34)19-9-6-5-7-10-19/h5-12,15-17,29H,13-14H2,1-4H3,(H,35,36). The normalized spacial score (nSPS) is 13.9. The van der Waals surface area contributed by atoms with Crippen molar-refractivity contribution in [3.05, 3.63) is 89.1 Å². The lowest BCUT2D eigenvalue weighted by atomic mass is 9.93. The monoisotopic (exact) mass is 491 g/mol. The first-order chi connectivity index (χ1) is 17.7. The summed E-state index contributed by atoms with van der Waals surface area (Å²) in [6, 6.07) is 22.6. The Hall–Kier alpha value is -4.03. The van der Waals surface area contributed by atoms with Crippen molar-refractivity contribution in [1.82, 2.24) is 14.6 Å². The van der Waals surface area contributed by atoms with Crippen molar-refractivity contribution in [3.8, 4) is 22.5 Å². The summed E-state index contributed by atoms with van der Waals surface area (Å²) in [6.07, 6.45) is 0.816. The van der Waals surface area contributed by atoms with E-state index >= 15 is 0 Å². The molecular formula is C31H29N3O3. The summed E-state index contributed by atoms with van der Waals surface area (Å²) in [5.74, 6) is -1.05. The number of nitrogens with zero attached hydrogens (tertiary/aromatic N) is 3. The van der Waals surface area contributed by atoms with Crippen LogP contribution in [0.25, 0.3) is 38.9 Å². The van der Waals surface area contributed by atoms with Gasteiger partial charge in [-0.1, -0.05) is 60.7 Å². The Kier molecular flexibility index (Phi) is 5.39. The Morgan fingerprint density at radius 2 is 1.73 bits per heavy atom. The topological polar surface area (TPSA) is 76.7 Å². The van der Waals surface area contributed by atoms with Crippen LogP contribution in [0.15, 0.2) is 66.7 Å². The van der Waals surface area contributed by atoms with Gasteiger partial charge in [0.2, 0.25) is 0 Å². The highest BCUT2D eigenvalue weighted by Crippen LogP contribution is 2.41. The third-order valence-electron chi connectivity index (χ3n) is 6.99. The third-order valence-corrected chi connectivity index (χ3v) is 6.99. The van der Waals surface area contributed by atoms with E-state index in [-0.39, 0.29) is 0 Å². The van der Waals surface area contributed by atoms with Crippen LogP contribution in [0.5, 0.6) is 0 Å². The maximum atomic E-state index is 12.7. The molecule has 2 aromatic heterocycles. The number of aliphatic carboxylic acids is 1. The number of hydrogen-bond acceptors (Lipinski definition) is 4. The van der Waals surface area contributed by atoms with Gasteiger partial charge in [0.1, 0.15) is 0 Å². The molecule has 0 bridgehead atoms. The molecule has 1 aliphatic carbocycles. The van der Waals surface area contributed by atoms with Gasteiger partial charge in [-0.25, -0.2) is 14.3 Å². The number of ether oxygens (including phenoxy) is 1. The van der Waals surface area contributed by atoms with Crippen LogP contribution in [-0.4, -0.2) is 31.3 Å². The molecule has 1 aliphatic rings. The maximum absolute atomic E-state index is 12.7. The number of fused-ring (bicyclic) bond motifs is 1. The van der Waals surface area contributed by atoms with Gasteiger partial charge in [-0.2, -0.15) is 5.10 Å². The van der Waals surface area contributed by atoms with Gasteiger partial charge in [0.15, 0.2) is 11.8 Å². The lowest BCUT2D eigenvalue weighted by Crippen LogP contribution is -2.29. The zero-order valence-corrected chi connectivity index (χ0v) is 21.4. The molecule has 186 valence electrons. The van der Waals surface area contributed by atoms with Crippen molar-refractivity contribution in [3.63, 3.8) is 0 Å². The van der Waals surface area contributed by atoms with Crippen LogP contribution in [0.2, 0.25) is 0 Å². The second-order valence-electron chi connectivity index (χ2n) is 10.7. The van der Waals surface area contributed by atoms with Crippen LogP contribution in [-0.2, 0) is 22.4 Å². The van der Waals surface area contributed by atoms with Gasteiger partial charge in [0.25, 0.3) is 0 Å². The number of aromatic nitrogens is 3. The summed E-state index contributed by atoms with van der Waals surface area (Å²) >= 11 is 0. The van der Waals surface area contributed by atoms with Crippen LogP contribution in [0, 0.1) is 6.92 Å². The molecule has 0 spiro atoms. The molecule has 0 amide bonds. The molecule has 1 unspecified atom stereocenters. The van der Waals surface area contributed by atoms with E-state index in [0.717, 1.165) is 35.0 Å². The highest BCUT2D eigenvalue weighted by Gasteiger charge is 2.34. The van der Waals surface area contributed by atoms with Crippen LogP contribution >= 0.6 is 0 Å². The molecule has 0 fully saturated rings. The van der Waals surface area contributed by atoms with Crippen molar-refractivity contribution >= 4 is 22.4 Å². The van der Waals surface area contributed by atoms with E-state index in [9.17, 15) is 9.90 Å². The van der Waals surface area contributed by atoms with Crippen LogP contribution < -0.4 is 0 Å². The molecule has 0 saturated heterocycles. The molecule has 37 heavy (non-hydrogen) atoms. The van der Waals surface area contributed by atoms with Crippen LogP contribution in [0.1, 0.15) is 49.3 Å².